The highest BCUT2D eigenvalue weighted by molar-refractivity contribution is 7.99. The summed E-state index contributed by atoms with van der Waals surface area (Å²) in [7, 11) is 1.67. The van der Waals surface area contributed by atoms with E-state index < -0.39 is 11.5 Å². The minimum absolute atomic E-state index is 0.378. The molecule has 0 saturated carbocycles. The first-order valence-electron chi connectivity index (χ1n) is 6.25. The first-order valence-corrected chi connectivity index (χ1v) is 7.23. The number of nitrogens with one attached hydrogen (secondary N) is 1. The third kappa shape index (κ3) is 2.73. The molecule has 0 bridgehead atoms. The van der Waals surface area contributed by atoms with E-state index in [1.807, 2.05) is 43.3 Å². The van der Waals surface area contributed by atoms with E-state index in [0.29, 0.717) is 5.75 Å². The summed E-state index contributed by atoms with van der Waals surface area (Å²) in [6, 6.07) is 11.1. The van der Waals surface area contributed by atoms with E-state index in [2.05, 4.69) is 5.32 Å². The normalized spacial score (nSPS) is 13.9. The standard InChI is InChI=1S/C15H17NO3S/c1-11-13(8-9-19-11)20-10-15(16-2,14(17)18)12-6-4-3-5-7-12/h3-9,16H,10H2,1-2H3,(H,17,18). The molecule has 106 valence electrons. The van der Waals surface area contributed by atoms with Crippen LogP contribution < -0.4 is 5.32 Å². The summed E-state index contributed by atoms with van der Waals surface area (Å²) in [6.45, 7) is 1.87. The largest absolute Gasteiger partial charge is 0.480 e. The number of carboxylic acids is 1. The summed E-state index contributed by atoms with van der Waals surface area (Å²) in [5.74, 6) is 0.293. The number of thioether (sulfide) groups is 1. The molecule has 2 N–H and O–H groups in total. The Morgan fingerprint density at radius 1 is 1.35 bits per heavy atom. The fourth-order valence-electron chi connectivity index (χ4n) is 2.02. The maximum Gasteiger partial charge on any atom is 0.329 e. The summed E-state index contributed by atoms with van der Waals surface area (Å²) in [5.41, 5.74) is -0.376. The van der Waals surface area contributed by atoms with Crippen molar-refractivity contribution >= 4 is 17.7 Å². The van der Waals surface area contributed by atoms with E-state index in [-0.39, 0.29) is 0 Å². The summed E-state index contributed by atoms with van der Waals surface area (Å²) in [4.78, 5) is 12.8. The van der Waals surface area contributed by atoms with Gasteiger partial charge in [-0.1, -0.05) is 30.3 Å². The van der Waals surface area contributed by atoms with Crippen molar-refractivity contribution in [2.75, 3.05) is 12.8 Å². The van der Waals surface area contributed by atoms with Gasteiger partial charge in [0.25, 0.3) is 0 Å². The number of carbonyl (C=O) groups is 1. The average molecular weight is 291 g/mol. The SMILES string of the molecule is CNC(CSc1ccoc1C)(C(=O)O)c1ccccc1. The second-order valence-corrected chi connectivity index (χ2v) is 5.47. The Morgan fingerprint density at radius 3 is 2.55 bits per heavy atom. The van der Waals surface area contributed by atoms with Crippen molar-refractivity contribution < 1.29 is 14.3 Å². The fraction of sp³-hybridized carbons (Fsp3) is 0.267. The van der Waals surface area contributed by atoms with Crippen LogP contribution in [0.4, 0.5) is 0 Å². The zero-order chi connectivity index (χ0) is 14.6. The van der Waals surface area contributed by atoms with Crippen molar-refractivity contribution in [1.82, 2.24) is 5.32 Å². The number of furan rings is 1. The monoisotopic (exact) mass is 291 g/mol. The van der Waals surface area contributed by atoms with E-state index in [0.717, 1.165) is 16.2 Å². The lowest BCUT2D eigenvalue weighted by molar-refractivity contribution is -0.144. The Hall–Kier alpha value is -1.72. The van der Waals surface area contributed by atoms with Crippen LogP contribution in [0.3, 0.4) is 0 Å². The highest BCUT2D eigenvalue weighted by atomic mass is 32.2. The van der Waals surface area contributed by atoms with Crippen LogP contribution in [0, 0.1) is 6.92 Å². The van der Waals surface area contributed by atoms with Crippen LogP contribution in [-0.4, -0.2) is 23.9 Å². The van der Waals surface area contributed by atoms with E-state index in [9.17, 15) is 9.90 Å². The van der Waals surface area contributed by atoms with Gasteiger partial charge >= 0.3 is 5.97 Å². The van der Waals surface area contributed by atoms with Gasteiger partial charge < -0.3 is 14.8 Å². The highest BCUT2D eigenvalue weighted by Crippen LogP contribution is 2.32. The van der Waals surface area contributed by atoms with E-state index >= 15 is 0 Å². The summed E-state index contributed by atoms with van der Waals surface area (Å²) in [6.07, 6.45) is 1.61. The quantitative estimate of drug-likeness (QED) is 0.801. The average Bonchev–Trinajstić information content (AvgIpc) is 2.86. The molecule has 0 aliphatic heterocycles. The third-order valence-corrected chi connectivity index (χ3v) is 4.63. The maximum atomic E-state index is 11.8. The molecule has 0 saturated heterocycles. The predicted molar refractivity (Wildman–Crippen MR) is 79.0 cm³/mol. The molecule has 2 rings (SSSR count). The zero-order valence-corrected chi connectivity index (χ0v) is 12.2. The van der Waals surface area contributed by atoms with Crippen LogP contribution in [0.25, 0.3) is 0 Å². The molecule has 1 heterocycles. The zero-order valence-electron chi connectivity index (χ0n) is 11.4. The molecule has 0 fully saturated rings. The molecule has 0 spiro atoms. The van der Waals surface area contributed by atoms with Gasteiger partial charge in [0.05, 0.1) is 6.26 Å². The van der Waals surface area contributed by atoms with Gasteiger partial charge in [-0.3, -0.25) is 0 Å². The van der Waals surface area contributed by atoms with Crippen LogP contribution in [0.2, 0.25) is 0 Å². The van der Waals surface area contributed by atoms with Crippen molar-refractivity contribution in [3.8, 4) is 0 Å². The van der Waals surface area contributed by atoms with Gasteiger partial charge in [0.15, 0.2) is 5.54 Å². The van der Waals surface area contributed by atoms with E-state index in [1.54, 1.807) is 13.3 Å². The molecule has 1 atom stereocenters. The smallest absolute Gasteiger partial charge is 0.329 e. The molecule has 20 heavy (non-hydrogen) atoms. The molecule has 2 aromatic rings. The number of likely N-dealkylation sites (N-methyl/N-ethyl adjacent to an activating group) is 1. The van der Waals surface area contributed by atoms with Gasteiger partial charge in [-0.05, 0) is 25.6 Å². The van der Waals surface area contributed by atoms with E-state index in [1.165, 1.54) is 11.8 Å². The maximum absolute atomic E-state index is 11.8. The molecule has 0 aliphatic rings. The third-order valence-electron chi connectivity index (χ3n) is 3.31. The second kappa shape index (κ2) is 6.15. The predicted octanol–water partition coefficient (Wildman–Crippen LogP) is 2.88. The van der Waals surface area contributed by atoms with Crippen LogP contribution in [0.5, 0.6) is 0 Å². The second-order valence-electron chi connectivity index (χ2n) is 4.46. The van der Waals surface area contributed by atoms with Gasteiger partial charge in [-0.15, -0.1) is 11.8 Å². The Morgan fingerprint density at radius 2 is 2.05 bits per heavy atom. The van der Waals surface area contributed by atoms with Gasteiger partial charge in [0, 0.05) is 10.6 Å². The minimum Gasteiger partial charge on any atom is -0.480 e. The molecule has 0 aliphatic carbocycles. The molecular weight excluding hydrogens is 274 g/mol. The lowest BCUT2D eigenvalue weighted by Crippen LogP contribution is -2.49. The molecule has 0 radical (unpaired) electrons. The van der Waals surface area contributed by atoms with Crippen LogP contribution in [-0.2, 0) is 10.3 Å². The first-order chi connectivity index (χ1) is 9.60. The van der Waals surface area contributed by atoms with Gasteiger partial charge in [-0.2, -0.15) is 0 Å². The molecule has 4 nitrogen and oxygen atoms in total. The molecular formula is C15H17NO3S. The van der Waals surface area contributed by atoms with Gasteiger partial charge in [0.2, 0.25) is 0 Å². The van der Waals surface area contributed by atoms with Crippen molar-refractivity contribution in [1.29, 1.82) is 0 Å². The summed E-state index contributed by atoms with van der Waals surface area (Å²) < 4.78 is 5.24. The summed E-state index contributed by atoms with van der Waals surface area (Å²) in [5, 5.41) is 12.6. The number of benzene rings is 1. The lowest BCUT2D eigenvalue weighted by atomic mass is 9.92. The molecule has 5 heteroatoms. The number of carboxylic acid groups (broad SMARTS) is 1. The number of aryl methyl sites for hydroxylation is 1. The molecule has 1 unspecified atom stereocenters. The van der Waals surface area contributed by atoms with Crippen molar-refractivity contribution in [3.63, 3.8) is 0 Å². The minimum atomic E-state index is -1.12. The first kappa shape index (κ1) is 14.7. The van der Waals surface area contributed by atoms with Crippen molar-refractivity contribution in [2.45, 2.75) is 17.4 Å². The Bertz CT molecular complexity index is 582. The topological polar surface area (TPSA) is 62.5 Å². The number of hydrogen-bond donors (Lipinski definition) is 2. The number of rotatable bonds is 6. The van der Waals surface area contributed by atoms with Crippen molar-refractivity contribution in [2.24, 2.45) is 0 Å². The summed E-state index contributed by atoms with van der Waals surface area (Å²) >= 11 is 1.47. The Kier molecular flexibility index (Phi) is 4.52. The van der Waals surface area contributed by atoms with Crippen LogP contribution >= 0.6 is 11.8 Å². The molecule has 1 aromatic carbocycles. The van der Waals surface area contributed by atoms with Crippen LogP contribution in [0.1, 0.15) is 11.3 Å². The van der Waals surface area contributed by atoms with E-state index in [4.69, 9.17) is 4.42 Å². The Balaban J connectivity index is 2.29. The van der Waals surface area contributed by atoms with Crippen LogP contribution in [0.15, 0.2) is 52.0 Å². The lowest BCUT2D eigenvalue weighted by Gasteiger charge is -2.29. The number of hydrogen-bond acceptors (Lipinski definition) is 4. The van der Waals surface area contributed by atoms with Gasteiger partial charge in [-0.25, -0.2) is 4.79 Å². The highest BCUT2D eigenvalue weighted by Gasteiger charge is 2.39. The molecule has 1 aromatic heterocycles. The fourth-order valence-corrected chi connectivity index (χ4v) is 3.23. The Labute approximate surface area is 122 Å². The van der Waals surface area contributed by atoms with Gasteiger partial charge in [0.1, 0.15) is 5.76 Å². The van der Waals surface area contributed by atoms with Crippen molar-refractivity contribution in [3.05, 3.63) is 54.0 Å². The number of aliphatic carboxylic acids is 1. The molecule has 0 amide bonds.